The maximum Gasteiger partial charge on any atom is 0.208 e. The van der Waals surface area contributed by atoms with Gasteiger partial charge in [0.1, 0.15) is 5.76 Å². The molecule has 3 nitrogen and oxygen atoms in total. The minimum atomic E-state index is 0.425. The summed E-state index contributed by atoms with van der Waals surface area (Å²) in [4.78, 5) is 4.47. The lowest BCUT2D eigenvalue weighted by molar-refractivity contribution is -0.0102. The van der Waals surface area contributed by atoms with E-state index < -0.39 is 0 Å². The van der Waals surface area contributed by atoms with E-state index in [0.717, 1.165) is 35.3 Å². The molecule has 4 bridgehead atoms. The number of aromatic nitrogens is 1. The molecule has 0 spiro atoms. The van der Waals surface area contributed by atoms with Crippen LogP contribution in [0.5, 0.6) is 0 Å². The molecule has 4 aliphatic carbocycles. The van der Waals surface area contributed by atoms with Crippen LogP contribution < -0.4 is 5.73 Å². The summed E-state index contributed by atoms with van der Waals surface area (Å²) in [5, 5.41) is 0. The molecule has 18 heavy (non-hydrogen) atoms. The van der Waals surface area contributed by atoms with Crippen LogP contribution in [-0.2, 0) is 6.54 Å². The number of rotatable bonds is 2. The van der Waals surface area contributed by atoms with Gasteiger partial charge in [0, 0.05) is 5.92 Å². The predicted octanol–water partition coefficient (Wildman–Crippen LogP) is 2.98. The molecular weight excluding hydrogens is 224 g/mol. The van der Waals surface area contributed by atoms with Crippen LogP contribution in [0.25, 0.3) is 0 Å². The summed E-state index contributed by atoms with van der Waals surface area (Å²) in [5.41, 5.74) is 6.74. The van der Waals surface area contributed by atoms with Crippen molar-refractivity contribution < 1.29 is 4.42 Å². The first-order chi connectivity index (χ1) is 8.74. The average Bonchev–Trinajstić information content (AvgIpc) is 2.69. The van der Waals surface area contributed by atoms with Gasteiger partial charge in [-0.2, -0.15) is 0 Å². The largest absolute Gasteiger partial charge is 0.444 e. The maximum atomic E-state index is 5.95. The minimum absolute atomic E-state index is 0.425. The molecule has 0 aliphatic heterocycles. The summed E-state index contributed by atoms with van der Waals surface area (Å²) in [7, 11) is 0. The zero-order valence-electron chi connectivity index (χ0n) is 11.1. The van der Waals surface area contributed by atoms with E-state index in [0.29, 0.717) is 12.5 Å². The molecule has 3 heteroatoms. The fourth-order valence-electron chi connectivity index (χ4n) is 5.22. The van der Waals surface area contributed by atoms with E-state index >= 15 is 0 Å². The first kappa shape index (κ1) is 11.0. The van der Waals surface area contributed by atoms with Gasteiger partial charge in [-0.3, -0.25) is 0 Å². The van der Waals surface area contributed by atoms with E-state index in [1.807, 2.05) is 0 Å². The summed E-state index contributed by atoms with van der Waals surface area (Å²) in [6.45, 7) is 2.51. The van der Waals surface area contributed by atoms with Crippen molar-refractivity contribution in [2.75, 3.05) is 0 Å². The first-order valence-electron chi connectivity index (χ1n) is 7.41. The summed E-state index contributed by atoms with van der Waals surface area (Å²) in [6.07, 6.45) is 7.21. The lowest BCUT2D eigenvalue weighted by atomic mass is 9.51. The number of aryl methyl sites for hydroxylation is 1. The van der Waals surface area contributed by atoms with Crippen molar-refractivity contribution in [1.29, 1.82) is 0 Å². The summed E-state index contributed by atoms with van der Waals surface area (Å²) in [6, 6.07) is 0. The number of nitrogens with two attached hydrogens (primary N) is 1. The molecule has 5 rings (SSSR count). The second-order valence-electron chi connectivity index (χ2n) is 6.72. The lowest BCUT2D eigenvalue weighted by Gasteiger charge is -2.53. The molecule has 0 saturated heterocycles. The van der Waals surface area contributed by atoms with E-state index in [4.69, 9.17) is 10.2 Å². The molecule has 1 aromatic heterocycles. The predicted molar refractivity (Wildman–Crippen MR) is 68.9 cm³/mol. The van der Waals surface area contributed by atoms with Crippen molar-refractivity contribution in [3.63, 3.8) is 0 Å². The molecule has 2 N–H and O–H groups in total. The van der Waals surface area contributed by atoms with Crippen molar-refractivity contribution in [1.82, 2.24) is 4.98 Å². The fourth-order valence-corrected chi connectivity index (χ4v) is 5.22. The first-order valence-corrected chi connectivity index (χ1v) is 7.41. The standard InChI is InChI=1S/C15H22N2O/c1-8-15(18-13(7-16)17-8)14-11-3-9-2-10(5-11)6-12(14)4-9/h9-12,14H,2-7,16H2,1H3. The minimum Gasteiger partial charge on any atom is -0.444 e. The lowest BCUT2D eigenvalue weighted by Crippen LogP contribution is -2.43. The normalized spacial score (nSPS) is 41.6. The maximum absolute atomic E-state index is 5.95. The Morgan fingerprint density at radius 1 is 1.11 bits per heavy atom. The van der Waals surface area contributed by atoms with Gasteiger partial charge in [0.15, 0.2) is 0 Å². The van der Waals surface area contributed by atoms with Crippen LogP contribution in [0.4, 0.5) is 0 Å². The molecule has 4 aliphatic rings. The van der Waals surface area contributed by atoms with Gasteiger partial charge in [-0.25, -0.2) is 4.98 Å². The Morgan fingerprint density at radius 2 is 1.72 bits per heavy atom. The third-order valence-electron chi connectivity index (χ3n) is 5.58. The van der Waals surface area contributed by atoms with Crippen LogP contribution in [0.1, 0.15) is 55.4 Å². The summed E-state index contributed by atoms with van der Waals surface area (Å²) < 4.78 is 5.95. The summed E-state index contributed by atoms with van der Waals surface area (Å²) >= 11 is 0. The molecule has 4 saturated carbocycles. The van der Waals surface area contributed by atoms with Crippen molar-refractivity contribution in [2.45, 2.75) is 51.5 Å². The van der Waals surface area contributed by atoms with Crippen LogP contribution >= 0.6 is 0 Å². The molecule has 0 amide bonds. The highest BCUT2D eigenvalue weighted by Gasteiger charge is 2.50. The molecule has 98 valence electrons. The highest BCUT2D eigenvalue weighted by molar-refractivity contribution is 5.19. The molecular formula is C15H22N2O. The highest BCUT2D eigenvalue weighted by Crippen LogP contribution is 2.60. The van der Waals surface area contributed by atoms with Crippen molar-refractivity contribution >= 4 is 0 Å². The van der Waals surface area contributed by atoms with Gasteiger partial charge in [-0.15, -0.1) is 0 Å². The third kappa shape index (κ3) is 1.49. The van der Waals surface area contributed by atoms with Crippen LogP contribution in [0.15, 0.2) is 4.42 Å². The van der Waals surface area contributed by atoms with Gasteiger partial charge >= 0.3 is 0 Å². The van der Waals surface area contributed by atoms with Crippen molar-refractivity contribution in [2.24, 2.45) is 29.4 Å². The number of nitrogens with zero attached hydrogens (tertiary/aromatic N) is 1. The SMILES string of the molecule is Cc1nc(CN)oc1C1C2CC3CC(C2)CC1C3. The number of hydrogen-bond acceptors (Lipinski definition) is 3. The van der Waals surface area contributed by atoms with Crippen LogP contribution in [0.2, 0.25) is 0 Å². The fraction of sp³-hybridized carbons (Fsp3) is 0.800. The van der Waals surface area contributed by atoms with Crippen LogP contribution in [-0.4, -0.2) is 4.98 Å². The second-order valence-corrected chi connectivity index (χ2v) is 6.72. The van der Waals surface area contributed by atoms with E-state index in [1.165, 1.54) is 37.9 Å². The van der Waals surface area contributed by atoms with Gasteiger partial charge in [-0.05, 0) is 62.7 Å². The Labute approximate surface area is 108 Å². The molecule has 4 fully saturated rings. The van der Waals surface area contributed by atoms with Crippen molar-refractivity contribution in [3.8, 4) is 0 Å². The van der Waals surface area contributed by atoms with Gasteiger partial charge in [0.2, 0.25) is 5.89 Å². The van der Waals surface area contributed by atoms with Gasteiger partial charge in [0.25, 0.3) is 0 Å². The molecule has 0 radical (unpaired) electrons. The highest BCUT2D eigenvalue weighted by atomic mass is 16.4. The Morgan fingerprint density at radius 3 is 2.22 bits per heavy atom. The molecule has 1 aromatic rings. The third-order valence-corrected chi connectivity index (χ3v) is 5.58. The van der Waals surface area contributed by atoms with E-state index in [9.17, 15) is 0 Å². The number of oxazole rings is 1. The Balaban J connectivity index is 1.69. The van der Waals surface area contributed by atoms with E-state index in [2.05, 4.69) is 11.9 Å². The van der Waals surface area contributed by atoms with Crippen LogP contribution in [0.3, 0.4) is 0 Å². The zero-order valence-corrected chi connectivity index (χ0v) is 11.1. The van der Waals surface area contributed by atoms with Gasteiger partial charge in [0.05, 0.1) is 12.2 Å². The van der Waals surface area contributed by atoms with Crippen molar-refractivity contribution in [3.05, 3.63) is 17.3 Å². The summed E-state index contributed by atoms with van der Waals surface area (Å²) in [5.74, 6) is 6.28. The second kappa shape index (κ2) is 3.83. The quantitative estimate of drug-likeness (QED) is 0.872. The molecule has 0 aromatic carbocycles. The Hall–Kier alpha value is -0.830. The van der Waals surface area contributed by atoms with E-state index in [-0.39, 0.29) is 0 Å². The van der Waals surface area contributed by atoms with Gasteiger partial charge < -0.3 is 10.2 Å². The van der Waals surface area contributed by atoms with E-state index in [1.54, 1.807) is 0 Å². The smallest absolute Gasteiger partial charge is 0.208 e. The average molecular weight is 246 g/mol. The molecule has 0 atom stereocenters. The monoisotopic (exact) mass is 246 g/mol. The molecule has 1 heterocycles. The Kier molecular flexibility index (Phi) is 2.35. The Bertz CT molecular complexity index is 437. The van der Waals surface area contributed by atoms with Crippen LogP contribution in [0, 0.1) is 30.6 Å². The van der Waals surface area contributed by atoms with Gasteiger partial charge in [-0.1, -0.05) is 0 Å². The topological polar surface area (TPSA) is 52.0 Å². The molecule has 0 unspecified atom stereocenters. The zero-order chi connectivity index (χ0) is 12.3. The number of hydrogen-bond donors (Lipinski definition) is 1.